The quantitative estimate of drug-likeness (QED) is 0.156. The van der Waals surface area contributed by atoms with Crippen LogP contribution in [0.5, 0.6) is 0 Å². The van der Waals surface area contributed by atoms with Crippen molar-refractivity contribution in [3.63, 3.8) is 0 Å². The Morgan fingerprint density at radius 3 is 1.03 bits per heavy atom. The summed E-state index contributed by atoms with van der Waals surface area (Å²) in [6.07, 6.45) is 1.77. The number of hydrogen-bond acceptors (Lipinski definition) is 6. The number of benzene rings is 9. The fraction of sp³-hybridized carbons (Fsp3) is 0. The van der Waals surface area contributed by atoms with E-state index in [1.807, 2.05) is 152 Å². The summed E-state index contributed by atoms with van der Waals surface area (Å²) in [7, 11) is 0. The third kappa shape index (κ3) is 6.84. The van der Waals surface area contributed by atoms with Crippen LogP contribution in [0.15, 0.2) is 206 Å². The van der Waals surface area contributed by atoms with Crippen LogP contribution in [0.2, 0.25) is 0 Å². The van der Waals surface area contributed by atoms with Crippen LogP contribution in [0.25, 0.3) is 111 Å². The standard InChI is InChI=1S/C64H34N8/c65-35-40-19-24-62(71-58-25-20-41(49-14-5-1-10-45(49)36-66)31-53(58)54-32-42(21-26-59(54)71)50-15-6-2-11-46(50)37-67)57(30-40)64-63(18-9-29-70-64)72-60-27-22-43(51-16-7-3-12-47(51)38-68)33-55(60)56-34-44(23-28-61(56)72)52-17-8-4-13-48(52)39-69/h1-34H. The topological polar surface area (TPSA) is 142 Å². The summed E-state index contributed by atoms with van der Waals surface area (Å²) in [6, 6.07) is 76.9. The molecular weight excluding hydrogens is 881 g/mol. The van der Waals surface area contributed by atoms with E-state index in [-0.39, 0.29) is 0 Å². The van der Waals surface area contributed by atoms with Crippen molar-refractivity contribution in [2.24, 2.45) is 0 Å². The van der Waals surface area contributed by atoms with Gasteiger partial charge in [0.15, 0.2) is 0 Å². The monoisotopic (exact) mass is 914 g/mol. The Kier molecular flexibility index (Phi) is 10.3. The number of hydrogen-bond donors (Lipinski definition) is 0. The second-order valence-electron chi connectivity index (χ2n) is 17.4. The van der Waals surface area contributed by atoms with Gasteiger partial charge < -0.3 is 9.13 Å². The lowest BCUT2D eigenvalue weighted by Gasteiger charge is -2.18. The van der Waals surface area contributed by atoms with Crippen molar-refractivity contribution in [1.82, 2.24) is 14.1 Å². The molecule has 3 aromatic heterocycles. The number of rotatable bonds is 7. The fourth-order valence-corrected chi connectivity index (χ4v) is 10.3. The molecule has 0 bridgehead atoms. The van der Waals surface area contributed by atoms with Crippen LogP contribution in [-0.4, -0.2) is 14.1 Å². The molecule has 0 saturated carbocycles. The molecule has 9 aromatic carbocycles. The van der Waals surface area contributed by atoms with Gasteiger partial charge in [-0.2, -0.15) is 26.3 Å². The number of aromatic nitrogens is 3. The zero-order chi connectivity index (χ0) is 48.9. The largest absolute Gasteiger partial charge is 0.309 e. The number of fused-ring (bicyclic) bond motifs is 6. The van der Waals surface area contributed by atoms with Gasteiger partial charge >= 0.3 is 0 Å². The predicted octanol–water partition coefficient (Wildman–Crippen LogP) is 15.0. The first-order valence-corrected chi connectivity index (χ1v) is 23.1. The van der Waals surface area contributed by atoms with Gasteiger partial charge in [0.2, 0.25) is 0 Å². The highest BCUT2D eigenvalue weighted by molar-refractivity contribution is 6.14. The summed E-state index contributed by atoms with van der Waals surface area (Å²) in [5, 5.41) is 54.8. The molecule has 0 amide bonds. The van der Waals surface area contributed by atoms with E-state index in [0.29, 0.717) is 33.5 Å². The molecule has 72 heavy (non-hydrogen) atoms. The van der Waals surface area contributed by atoms with Crippen LogP contribution >= 0.6 is 0 Å². The number of pyridine rings is 1. The van der Waals surface area contributed by atoms with E-state index in [1.165, 1.54) is 0 Å². The maximum absolute atomic E-state index is 10.5. The zero-order valence-corrected chi connectivity index (χ0v) is 38.2. The molecule has 0 atom stereocenters. The van der Waals surface area contributed by atoms with Crippen molar-refractivity contribution < 1.29 is 0 Å². The Labute approximate surface area is 413 Å². The van der Waals surface area contributed by atoms with Crippen LogP contribution < -0.4 is 0 Å². The molecule has 3 heterocycles. The van der Waals surface area contributed by atoms with E-state index in [0.717, 1.165) is 105 Å². The van der Waals surface area contributed by atoms with Gasteiger partial charge in [-0.1, -0.05) is 97.1 Å². The molecule has 12 rings (SSSR count). The lowest BCUT2D eigenvalue weighted by Crippen LogP contribution is -2.03. The van der Waals surface area contributed by atoms with Crippen molar-refractivity contribution in [1.29, 1.82) is 26.3 Å². The molecule has 8 nitrogen and oxygen atoms in total. The predicted molar refractivity (Wildman–Crippen MR) is 284 cm³/mol. The molecule has 0 fully saturated rings. The summed E-state index contributed by atoms with van der Waals surface area (Å²) in [5.41, 5.74) is 16.1. The minimum Gasteiger partial charge on any atom is -0.309 e. The number of nitriles is 5. The Balaban J connectivity index is 1.13. The second kappa shape index (κ2) is 17.4. The highest BCUT2D eigenvalue weighted by atomic mass is 15.0. The summed E-state index contributed by atoms with van der Waals surface area (Å²) < 4.78 is 4.42. The van der Waals surface area contributed by atoms with Gasteiger partial charge in [-0.15, -0.1) is 0 Å². The normalized spacial score (nSPS) is 11.0. The van der Waals surface area contributed by atoms with Gasteiger partial charge in [0.1, 0.15) is 0 Å². The van der Waals surface area contributed by atoms with Crippen molar-refractivity contribution in [2.45, 2.75) is 0 Å². The Bertz CT molecular complexity index is 4250. The van der Waals surface area contributed by atoms with E-state index in [1.54, 1.807) is 6.20 Å². The molecule has 330 valence electrons. The van der Waals surface area contributed by atoms with Crippen molar-refractivity contribution in [3.8, 4) is 97.5 Å². The molecule has 0 N–H and O–H groups in total. The fourth-order valence-electron chi connectivity index (χ4n) is 10.3. The minimum atomic E-state index is 0.459. The molecule has 0 aliphatic rings. The van der Waals surface area contributed by atoms with Gasteiger partial charge in [0.25, 0.3) is 0 Å². The summed E-state index contributed by atoms with van der Waals surface area (Å²) in [4.78, 5) is 5.17. The number of nitrogens with zero attached hydrogens (tertiary/aromatic N) is 8. The van der Waals surface area contributed by atoms with Crippen molar-refractivity contribution in [3.05, 3.63) is 234 Å². The van der Waals surface area contributed by atoms with Crippen molar-refractivity contribution >= 4 is 43.6 Å². The Morgan fingerprint density at radius 2 is 0.667 bits per heavy atom. The van der Waals surface area contributed by atoms with Crippen LogP contribution in [0.3, 0.4) is 0 Å². The van der Waals surface area contributed by atoms with E-state index in [9.17, 15) is 26.3 Å². The van der Waals surface area contributed by atoms with E-state index < -0.39 is 0 Å². The average molecular weight is 915 g/mol. The van der Waals surface area contributed by atoms with E-state index in [2.05, 4.69) is 88.0 Å². The molecule has 0 unspecified atom stereocenters. The first-order valence-electron chi connectivity index (χ1n) is 23.1. The summed E-state index contributed by atoms with van der Waals surface area (Å²) >= 11 is 0. The first-order chi connectivity index (χ1) is 35.5. The van der Waals surface area contributed by atoms with Crippen LogP contribution in [0.1, 0.15) is 27.8 Å². The molecule has 0 aliphatic carbocycles. The molecule has 8 heteroatoms. The molecule has 12 aromatic rings. The van der Waals surface area contributed by atoms with Crippen molar-refractivity contribution in [2.75, 3.05) is 0 Å². The average Bonchev–Trinajstić information content (AvgIpc) is 3.96. The lowest BCUT2D eigenvalue weighted by atomic mass is 9.96. The van der Waals surface area contributed by atoms with Gasteiger partial charge in [0, 0.05) is 33.3 Å². The van der Waals surface area contributed by atoms with Gasteiger partial charge in [0.05, 0.1) is 97.3 Å². The molecule has 0 saturated heterocycles. The SMILES string of the molecule is N#Cc1ccc(-n2c3ccc(-c4ccccc4C#N)cc3c3cc(-c4ccccc4C#N)ccc32)c(-c2ncccc2-n2c3ccc(-c4ccccc4C#N)cc3c3cc(-c4ccccc4C#N)ccc32)c1. The smallest absolute Gasteiger partial charge is 0.0998 e. The van der Waals surface area contributed by atoms with Crippen LogP contribution in [0, 0.1) is 56.7 Å². The van der Waals surface area contributed by atoms with Gasteiger partial charge in [-0.3, -0.25) is 4.98 Å². The highest BCUT2D eigenvalue weighted by Gasteiger charge is 2.24. The first kappa shape index (κ1) is 42.5. The molecule has 0 aliphatic heterocycles. The Hall–Kier alpha value is -10.8. The molecule has 0 spiro atoms. The maximum atomic E-state index is 10.5. The Morgan fingerprint density at radius 1 is 0.306 bits per heavy atom. The molecule has 0 radical (unpaired) electrons. The van der Waals surface area contributed by atoms with E-state index in [4.69, 9.17) is 4.98 Å². The zero-order valence-electron chi connectivity index (χ0n) is 38.2. The van der Waals surface area contributed by atoms with Gasteiger partial charge in [-0.25, -0.2) is 0 Å². The minimum absolute atomic E-state index is 0.459. The molecular formula is C64H34N8. The third-order valence-electron chi connectivity index (χ3n) is 13.6. The van der Waals surface area contributed by atoms with E-state index >= 15 is 0 Å². The van der Waals surface area contributed by atoms with Crippen LogP contribution in [0.4, 0.5) is 0 Å². The van der Waals surface area contributed by atoms with Gasteiger partial charge in [-0.05, 0) is 148 Å². The van der Waals surface area contributed by atoms with Crippen LogP contribution in [-0.2, 0) is 0 Å². The second-order valence-corrected chi connectivity index (χ2v) is 17.4. The maximum Gasteiger partial charge on any atom is 0.0998 e. The highest BCUT2D eigenvalue weighted by Crippen LogP contribution is 2.44. The lowest BCUT2D eigenvalue weighted by molar-refractivity contribution is 1.13. The summed E-state index contributed by atoms with van der Waals surface area (Å²) in [5.74, 6) is 0. The summed E-state index contributed by atoms with van der Waals surface area (Å²) in [6.45, 7) is 0. The third-order valence-corrected chi connectivity index (χ3v) is 13.6.